The summed E-state index contributed by atoms with van der Waals surface area (Å²) in [5, 5.41) is 11.1. The Kier molecular flexibility index (Phi) is 4.43. The molecule has 0 aromatic carbocycles. The van der Waals surface area contributed by atoms with Crippen LogP contribution in [-0.4, -0.2) is 28.6 Å². The number of alkyl halides is 1. The van der Waals surface area contributed by atoms with Crippen LogP contribution in [0.5, 0.6) is 0 Å². The molecule has 146 valence electrons. The first kappa shape index (κ1) is 19.0. The first-order valence-corrected chi connectivity index (χ1v) is 11.2. The van der Waals surface area contributed by atoms with E-state index in [2.05, 4.69) is 42.8 Å². The Morgan fingerprint density at radius 1 is 1.38 bits per heavy atom. The van der Waals surface area contributed by atoms with Gasteiger partial charge in [-0.15, -0.1) is 0 Å². The number of carbonyl (C=O) groups is 1. The molecule has 26 heavy (non-hydrogen) atoms. The number of hydrogen-bond donors (Lipinski definition) is 1. The Hall–Kier alpha value is -0.350. The molecule has 0 aromatic heterocycles. The maximum absolute atomic E-state index is 11.2. The Balaban J connectivity index is 1.59. The summed E-state index contributed by atoms with van der Waals surface area (Å²) in [6, 6.07) is 0. The van der Waals surface area contributed by atoms with Gasteiger partial charge >= 0.3 is 5.97 Å². The first-order chi connectivity index (χ1) is 12.1. The van der Waals surface area contributed by atoms with Crippen molar-refractivity contribution in [1.82, 2.24) is 0 Å². The molecule has 4 aliphatic carbocycles. The normalized spacial score (nSPS) is 50.6. The molecular formula is C22H33BrO3. The maximum Gasteiger partial charge on any atom is 0.302 e. The minimum atomic E-state index is -0.233. The van der Waals surface area contributed by atoms with Gasteiger partial charge in [-0.05, 0) is 66.6 Å². The SMILES string of the molecule is CC(=O)OCC(Br)C1(C)CC=C2C(C1)C(O)CC1C2(C)CCC2CC21C. The summed E-state index contributed by atoms with van der Waals surface area (Å²) in [7, 11) is 0. The predicted octanol–water partition coefficient (Wildman–Crippen LogP) is 4.86. The van der Waals surface area contributed by atoms with Gasteiger partial charge in [0.1, 0.15) is 6.61 Å². The fraction of sp³-hybridized carbons (Fsp3) is 0.864. The maximum atomic E-state index is 11.2. The summed E-state index contributed by atoms with van der Waals surface area (Å²) >= 11 is 3.78. The van der Waals surface area contributed by atoms with Crippen LogP contribution < -0.4 is 0 Å². The van der Waals surface area contributed by atoms with E-state index in [1.807, 2.05) is 0 Å². The second-order valence-corrected chi connectivity index (χ2v) is 11.4. The van der Waals surface area contributed by atoms with Crippen molar-refractivity contribution < 1.29 is 14.6 Å². The molecule has 0 bridgehead atoms. The van der Waals surface area contributed by atoms with E-state index in [1.54, 1.807) is 0 Å². The number of ether oxygens (including phenoxy) is 1. The third-order valence-corrected chi connectivity index (χ3v) is 10.1. The molecule has 1 N–H and O–H groups in total. The van der Waals surface area contributed by atoms with Crippen LogP contribution in [0, 0.1) is 34.0 Å². The van der Waals surface area contributed by atoms with Crippen molar-refractivity contribution in [1.29, 1.82) is 0 Å². The highest BCUT2D eigenvalue weighted by molar-refractivity contribution is 9.09. The van der Waals surface area contributed by atoms with Gasteiger partial charge < -0.3 is 9.84 Å². The van der Waals surface area contributed by atoms with Gasteiger partial charge in [-0.2, -0.15) is 0 Å². The van der Waals surface area contributed by atoms with E-state index in [4.69, 9.17) is 4.74 Å². The van der Waals surface area contributed by atoms with Crippen molar-refractivity contribution in [3.05, 3.63) is 11.6 Å². The average molecular weight is 425 g/mol. The lowest BCUT2D eigenvalue weighted by Gasteiger charge is -2.57. The van der Waals surface area contributed by atoms with E-state index in [1.165, 1.54) is 31.8 Å². The number of aliphatic hydroxyl groups excluding tert-OH is 1. The second kappa shape index (κ2) is 6.07. The fourth-order valence-electron chi connectivity index (χ4n) is 6.82. The van der Waals surface area contributed by atoms with E-state index in [0.717, 1.165) is 25.2 Å². The molecular weight excluding hydrogens is 392 g/mol. The molecule has 0 radical (unpaired) electrons. The standard InChI is InChI=1S/C22H33BrO3/c1-13(24)26-12-19(23)20(2)7-6-16-15(11-20)17(25)9-18-21(16,3)8-5-14-10-22(14,18)4/h6,14-15,17-19,25H,5,7-12H2,1-4H3. The number of allylic oxidation sites excluding steroid dienone is 1. The highest BCUT2D eigenvalue weighted by Crippen LogP contribution is 2.73. The summed E-state index contributed by atoms with van der Waals surface area (Å²) < 4.78 is 5.25. The monoisotopic (exact) mass is 424 g/mol. The molecule has 4 heteroatoms. The average Bonchev–Trinajstić information content (AvgIpc) is 3.26. The summed E-state index contributed by atoms with van der Waals surface area (Å²) in [4.78, 5) is 11.3. The number of rotatable bonds is 3. The van der Waals surface area contributed by atoms with Crippen molar-refractivity contribution in [2.45, 2.75) is 77.2 Å². The highest BCUT2D eigenvalue weighted by Gasteiger charge is 2.66. The van der Waals surface area contributed by atoms with E-state index >= 15 is 0 Å². The van der Waals surface area contributed by atoms with Crippen molar-refractivity contribution in [2.75, 3.05) is 6.61 Å². The van der Waals surface area contributed by atoms with Gasteiger partial charge in [0.15, 0.2) is 0 Å². The largest absolute Gasteiger partial charge is 0.465 e. The number of halogens is 1. The van der Waals surface area contributed by atoms with Gasteiger partial charge in [0.2, 0.25) is 0 Å². The van der Waals surface area contributed by atoms with Crippen LogP contribution in [0.15, 0.2) is 11.6 Å². The molecule has 3 nitrogen and oxygen atoms in total. The number of carbonyl (C=O) groups excluding carboxylic acids is 1. The van der Waals surface area contributed by atoms with Crippen molar-refractivity contribution in [2.24, 2.45) is 34.0 Å². The molecule has 0 aliphatic heterocycles. The van der Waals surface area contributed by atoms with Crippen LogP contribution in [0.3, 0.4) is 0 Å². The Morgan fingerprint density at radius 3 is 2.81 bits per heavy atom. The Labute approximate surface area is 166 Å². The minimum absolute atomic E-state index is 0.00841. The van der Waals surface area contributed by atoms with Gasteiger partial charge in [0.05, 0.1) is 10.9 Å². The van der Waals surface area contributed by atoms with Gasteiger partial charge in [-0.1, -0.05) is 48.4 Å². The quantitative estimate of drug-likeness (QED) is 0.399. The Bertz CT molecular complexity index is 645. The molecule has 0 aromatic rings. The van der Waals surface area contributed by atoms with Gasteiger partial charge in [0, 0.05) is 12.8 Å². The molecule has 0 heterocycles. The van der Waals surface area contributed by atoms with Crippen LogP contribution in [0.4, 0.5) is 0 Å². The highest BCUT2D eigenvalue weighted by atomic mass is 79.9. The summed E-state index contributed by atoms with van der Waals surface area (Å²) in [6.07, 6.45) is 9.15. The van der Waals surface area contributed by atoms with E-state index in [0.29, 0.717) is 17.9 Å². The summed E-state index contributed by atoms with van der Waals surface area (Å²) in [5.74, 6) is 1.56. The third-order valence-electron chi connectivity index (χ3n) is 8.70. The van der Waals surface area contributed by atoms with Gasteiger partial charge in [-0.25, -0.2) is 0 Å². The van der Waals surface area contributed by atoms with E-state index in [-0.39, 0.29) is 33.6 Å². The molecule has 0 amide bonds. The number of esters is 1. The topological polar surface area (TPSA) is 46.5 Å². The van der Waals surface area contributed by atoms with Crippen LogP contribution in [0.25, 0.3) is 0 Å². The Morgan fingerprint density at radius 2 is 2.12 bits per heavy atom. The molecule has 0 spiro atoms. The lowest BCUT2D eigenvalue weighted by Crippen LogP contribution is -2.52. The van der Waals surface area contributed by atoms with Gasteiger partial charge in [-0.3, -0.25) is 4.79 Å². The molecule has 4 rings (SSSR count). The van der Waals surface area contributed by atoms with E-state index in [9.17, 15) is 9.90 Å². The molecule has 3 fully saturated rings. The van der Waals surface area contributed by atoms with Gasteiger partial charge in [0.25, 0.3) is 0 Å². The fourth-order valence-corrected chi connectivity index (χ4v) is 7.33. The molecule has 4 aliphatic rings. The summed E-state index contributed by atoms with van der Waals surface area (Å²) in [6.45, 7) is 9.08. The zero-order valence-corrected chi connectivity index (χ0v) is 18.1. The van der Waals surface area contributed by atoms with Crippen LogP contribution in [0.1, 0.15) is 66.2 Å². The lowest BCUT2D eigenvalue weighted by atomic mass is 9.48. The molecule has 0 saturated heterocycles. The first-order valence-electron chi connectivity index (χ1n) is 10.3. The molecule has 3 saturated carbocycles. The summed E-state index contributed by atoms with van der Waals surface area (Å²) in [5.41, 5.74) is 2.28. The smallest absolute Gasteiger partial charge is 0.302 e. The van der Waals surface area contributed by atoms with Crippen LogP contribution in [0.2, 0.25) is 0 Å². The van der Waals surface area contributed by atoms with Crippen molar-refractivity contribution >= 4 is 21.9 Å². The molecule has 8 unspecified atom stereocenters. The molecule has 8 atom stereocenters. The third kappa shape index (κ3) is 2.73. The second-order valence-electron chi connectivity index (χ2n) is 10.3. The minimum Gasteiger partial charge on any atom is -0.465 e. The van der Waals surface area contributed by atoms with Crippen LogP contribution in [-0.2, 0) is 9.53 Å². The number of aliphatic hydroxyl groups is 1. The van der Waals surface area contributed by atoms with Crippen LogP contribution >= 0.6 is 15.9 Å². The van der Waals surface area contributed by atoms with Crippen molar-refractivity contribution in [3.8, 4) is 0 Å². The zero-order valence-electron chi connectivity index (χ0n) is 16.6. The van der Waals surface area contributed by atoms with E-state index < -0.39 is 0 Å². The zero-order chi connectivity index (χ0) is 18.9. The lowest BCUT2D eigenvalue weighted by molar-refractivity contribution is -0.141. The number of fused-ring (bicyclic) bond motifs is 5. The predicted molar refractivity (Wildman–Crippen MR) is 106 cm³/mol. The number of hydrogen-bond acceptors (Lipinski definition) is 3. The van der Waals surface area contributed by atoms with Crippen molar-refractivity contribution in [3.63, 3.8) is 0 Å².